The van der Waals surface area contributed by atoms with Gasteiger partial charge in [0.25, 0.3) is 0 Å². The Bertz CT molecular complexity index is 220. The first-order chi connectivity index (χ1) is 9.66. The molecule has 0 radical (unpaired) electrons. The second kappa shape index (κ2) is 14.9. The fraction of sp³-hybridized carbons (Fsp3) is 0.933. The molecular formula is C15H30O5. The number of hydrogen-bond donors (Lipinski definition) is 0. The highest BCUT2D eigenvalue weighted by atomic mass is 16.6. The molecule has 0 amide bonds. The van der Waals surface area contributed by atoms with E-state index < -0.39 is 0 Å². The van der Waals surface area contributed by atoms with Crippen LogP contribution in [-0.2, 0) is 23.7 Å². The second-order valence-corrected chi connectivity index (χ2v) is 4.78. The number of carbonyl (C=O) groups is 1. The minimum Gasteiger partial charge on any atom is -0.379 e. The molecule has 1 unspecified atom stereocenters. The fourth-order valence-electron chi connectivity index (χ4n) is 1.56. The highest BCUT2D eigenvalue weighted by Crippen LogP contribution is 1.97. The van der Waals surface area contributed by atoms with Gasteiger partial charge in [-0.1, -0.05) is 13.3 Å². The highest BCUT2D eigenvalue weighted by molar-refractivity contribution is 5.75. The van der Waals surface area contributed by atoms with Crippen molar-refractivity contribution in [2.75, 3.05) is 46.2 Å². The third kappa shape index (κ3) is 15.6. The third-order valence-electron chi connectivity index (χ3n) is 2.59. The van der Waals surface area contributed by atoms with Gasteiger partial charge >= 0.3 is 0 Å². The Hall–Kier alpha value is -0.490. The lowest BCUT2D eigenvalue weighted by Crippen LogP contribution is -2.17. The second-order valence-electron chi connectivity index (χ2n) is 4.78. The Balaban J connectivity index is 3.08. The van der Waals surface area contributed by atoms with Crippen LogP contribution < -0.4 is 0 Å². The van der Waals surface area contributed by atoms with Crippen LogP contribution in [0.5, 0.6) is 0 Å². The largest absolute Gasteiger partial charge is 0.379 e. The summed E-state index contributed by atoms with van der Waals surface area (Å²) in [6.45, 7) is 9.83. The molecule has 0 heterocycles. The molecule has 0 saturated carbocycles. The van der Waals surface area contributed by atoms with Gasteiger partial charge in [-0.2, -0.15) is 0 Å². The van der Waals surface area contributed by atoms with Crippen LogP contribution in [0.4, 0.5) is 0 Å². The highest BCUT2D eigenvalue weighted by Gasteiger charge is 2.04. The lowest BCUT2D eigenvalue weighted by Gasteiger charge is -2.11. The molecule has 120 valence electrons. The summed E-state index contributed by atoms with van der Waals surface area (Å²) >= 11 is 0. The molecule has 0 aliphatic carbocycles. The molecule has 0 aromatic heterocycles. The molecular weight excluding hydrogens is 260 g/mol. The van der Waals surface area contributed by atoms with Crippen molar-refractivity contribution in [1.82, 2.24) is 0 Å². The van der Waals surface area contributed by atoms with E-state index in [-0.39, 0.29) is 11.9 Å². The van der Waals surface area contributed by atoms with E-state index in [1.54, 1.807) is 6.92 Å². The van der Waals surface area contributed by atoms with E-state index in [4.69, 9.17) is 18.9 Å². The standard InChI is InChI=1S/C15H30O5/c1-4-5-6-17-7-8-18-9-10-19-11-12-20-15(3)13-14(2)16/h15H,4-13H2,1-3H3. The van der Waals surface area contributed by atoms with E-state index in [2.05, 4.69) is 6.92 Å². The molecule has 0 aliphatic heterocycles. The molecule has 0 spiro atoms. The third-order valence-corrected chi connectivity index (χ3v) is 2.59. The molecule has 1 atom stereocenters. The SMILES string of the molecule is CCCCOCCOCCOCCOC(C)CC(C)=O. The number of Topliss-reactive ketones (excluding diaryl/α,β-unsaturated/α-hetero) is 1. The predicted molar refractivity (Wildman–Crippen MR) is 78.1 cm³/mol. The van der Waals surface area contributed by atoms with Gasteiger partial charge in [-0.3, -0.25) is 4.79 Å². The number of hydrogen-bond acceptors (Lipinski definition) is 5. The minimum atomic E-state index is -0.0346. The van der Waals surface area contributed by atoms with Crippen LogP contribution >= 0.6 is 0 Å². The van der Waals surface area contributed by atoms with Crippen molar-refractivity contribution in [3.05, 3.63) is 0 Å². The van der Waals surface area contributed by atoms with Gasteiger partial charge in [-0.25, -0.2) is 0 Å². The molecule has 0 aromatic rings. The number of ketones is 1. The molecule has 0 aromatic carbocycles. The summed E-state index contributed by atoms with van der Waals surface area (Å²) in [5.74, 6) is 0.146. The first-order valence-electron chi connectivity index (χ1n) is 7.51. The molecule has 20 heavy (non-hydrogen) atoms. The quantitative estimate of drug-likeness (QED) is 0.433. The van der Waals surface area contributed by atoms with E-state index in [1.165, 1.54) is 0 Å². The van der Waals surface area contributed by atoms with E-state index in [0.717, 1.165) is 19.4 Å². The van der Waals surface area contributed by atoms with Crippen LogP contribution in [0.15, 0.2) is 0 Å². The van der Waals surface area contributed by atoms with Crippen molar-refractivity contribution in [3.8, 4) is 0 Å². The monoisotopic (exact) mass is 290 g/mol. The summed E-state index contributed by atoms with van der Waals surface area (Å²) in [6, 6.07) is 0. The van der Waals surface area contributed by atoms with Crippen LogP contribution in [0.25, 0.3) is 0 Å². The van der Waals surface area contributed by atoms with Crippen molar-refractivity contribution < 1.29 is 23.7 Å². The predicted octanol–water partition coefficient (Wildman–Crippen LogP) is 2.22. The molecule has 5 heteroatoms. The van der Waals surface area contributed by atoms with Gasteiger partial charge in [0.1, 0.15) is 5.78 Å². The van der Waals surface area contributed by atoms with Gasteiger partial charge < -0.3 is 18.9 Å². The maximum Gasteiger partial charge on any atom is 0.132 e. The number of carbonyl (C=O) groups excluding carboxylic acids is 1. The summed E-state index contributed by atoms with van der Waals surface area (Å²) in [6.07, 6.45) is 2.68. The first kappa shape index (κ1) is 19.5. The zero-order chi connectivity index (χ0) is 15.1. The minimum absolute atomic E-state index is 0.0346. The maximum atomic E-state index is 10.8. The van der Waals surface area contributed by atoms with Gasteiger partial charge in [0.05, 0.1) is 45.7 Å². The van der Waals surface area contributed by atoms with Crippen molar-refractivity contribution in [2.24, 2.45) is 0 Å². The lowest BCUT2D eigenvalue weighted by molar-refractivity contribution is -0.119. The Morgan fingerprint density at radius 1 is 0.900 bits per heavy atom. The summed E-state index contributed by atoms with van der Waals surface area (Å²) in [7, 11) is 0. The van der Waals surface area contributed by atoms with Gasteiger partial charge in [-0.05, 0) is 20.3 Å². The Kier molecular flexibility index (Phi) is 14.5. The average molecular weight is 290 g/mol. The van der Waals surface area contributed by atoms with Gasteiger partial charge in [0.15, 0.2) is 0 Å². The summed E-state index contributed by atoms with van der Waals surface area (Å²) in [4.78, 5) is 10.8. The van der Waals surface area contributed by atoms with Crippen molar-refractivity contribution in [2.45, 2.75) is 46.1 Å². The fourth-order valence-corrected chi connectivity index (χ4v) is 1.56. The summed E-state index contributed by atoms with van der Waals surface area (Å²) < 4.78 is 21.5. The van der Waals surface area contributed by atoms with Crippen molar-refractivity contribution in [1.29, 1.82) is 0 Å². The molecule has 0 N–H and O–H groups in total. The molecule has 0 aliphatic rings. The topological polar surface area (TPSA) is 54.0 Å². The average Bonchev–Trinajstić information content (AvgIpc) is 2.39. The molecule has 0 saturated heterocycles. The van der Waals surface area contributed by atoms with E-state index >= 15 is 0 Å². The lowest BCUT2D eigenvalue weighted by atomic mass is 10.2. The molecule has 0 fully saturated rings. The van der Waals surface area contributed by atoms with Crippen LogP contribution in [0.3, 0.4) is 0 Å². The maximum absolute atomic E-state index is 10.8. The van der Waals surface area contributed by atoms with E-state index in [9.17, 15) is 4.79 Å². The number of ether oxygens (including phenoxy) is 4. The molecule has 0 bridgehead atoms. The zero-order valence-corrected chi connectivity index (χ0v) is 13.2. The van der Waals surface area contributed by atoms with Gasteiger partial charge in [0, 0.05) is 13.0 Å². The van der Waals surface area contributed by atoms with Crippen LogP contribution in [-0.4, -0.2) is 58.1 Å². The number of unbranched alkanes of at least 4 members (excludes halogenated alkanes) is 1. The zero-order valence-electron chi connectivity index (χ0n) is 13.2. The van der Waals surface area contributed by atoms with Crippen molar-refractivity contribution in [3.63, 3.8) is 0 Å². The molecule has 0 rings (SSSR count). The van der Waals surface area contributed by atoms with Crippen LogP contribution in [0.1, 0.15) is 40.0 Å². The van der Waals surface area contributed by atoms with Crippen LogP contribution in [0.2, 0.25) is 0 Å². The van der Waals surface area contributed by atoms with Gasteiger partial charge in [0.2, 0.25) is 0 Å². The normalized spacial score (nSPS) is 12.6. The summed E-state index contributed by atoms with van der Waals surface area (Å²) in [5.41, 5.74) is 0. The summed E-state index contributed by atoms with van der Waals surface area (Å²) in [5, 5.41) is 0. The first-order valence-corrected chi connectivity index (χ1v) is 7.51. The van der Waals surface area contributed by atoms with E-state index in [1.807, 2.05) is 6.92 Å². The Morgan fingerprint density at radius 2 is 1.40 bits per heavy atom. The van der Waals surface area contributed by atoms with Gasteiger partial charge in [-0.15, -0.1) is 0 Å². The molecule has 5 nitrogen and oxygen atoms in total. The van der Waals surface area contributed by atoms with Crippen molar-refractivity contribution >= 4 is 5.78 Å². The number of rotatable bonds is 15. The van der Waals surface area contributed by atoms with E-state index in [0.29, 0.717) is 46.1 Å². The Morgan fingerprint density at radius 3 is 1.90 bits per heavy atom. The Labute approximate surface area is 122 Å². The smallest absolute Gasteiger partial charge is 0.132 e. The van der Waals surface area contributed by atoms with Crippen LogP contribution in [0, 0.1) is 0 Å².